The number of thioether (sulfide) groups is 1. The molecule has 65 heavy (non-hydrogen) atoms. The van der Waals surface area contributed by atoms with Crippen LogP contribution in [0.1, 0.15) is 84.0 Å². The summed E-state index contributed by atoms with van der Waals surface area (Å²) in [5, 5.41) is 32.1. The summed E-state index contributed by atoms with van der Waals surface area (Å²) in [5.74, 6) is -2.29. The van der Waals surface area contributed by atoms with Crippen LogP contribution in [0.5, 0.6) is 28.7 Å². The van der Waals surface area contributed by atoms with Crippen LogP contribution < -0.4 is 34.9 Å². The Bertz CT molecular complexity index is 2450. The van der Waals surface area contributed by atoms with Gasteiger partial charge in [-0.15, -0.1) is 11.8 Å². The van der Waals surface area contributed by atoms with Crippen LogP contribution in [-0.2, 0) is 35.1 Å². The molecule has 3 aromatic carbocycles. The number of aliphatic hydroxyl groups is 1. The first-order chi connectivity index (χ1) is 31.0. The van der Waals surface area contributed by atoms with E-state index in [1.165, 1.54) is 38.8 Å². The van der Waals surface area contributed by atoms with Crippen LogP contribution in [0.25, 0.3) is 6.08 Å². The van der Waals surface area contributed by atoms with Gasteiger partial charge in [-0.1, -0.05) is 50.2 Å². The van der Waals surface area contributed by atoms with Crippen molar-refractivity contribution in [2.75, 3.05) is 33.3 Å². The lowest BCUT2D eigenvalue weighted by Gasteiger charge is -2.62. The Morgan fingerprint density at radius 2 is 1.69 bits per heavy atom. The number of carbonyl (C=O) groups is 5. The van der Waals surface area contributed by atoms with E-state index >= 15 is 0 Å². The minimum Gasteiger partial charge on any atom is -0.504 e. The number of nitrogens with one attached hydrogen (secondary N) is 3. The van der Waals surface area contributed by atoms with Crippen molar-refractivity contribution < 1.29 is 57.9 Å². The number of hydrogen-bond donors (Lipinski definition) is 5. The number of phenols is 1. The summed E-state index contributed by atoms with van der Waals surface area (Å²) in [6.07, 6.45) is 2.22. The molecular weight excluding hydrogens is 859 g/mol. The van der Waals surface area contributed by atoms with Crippen LogP contribution in [0, 0.1) is 19.8 Å². The number of piperazine rings is 1. The fourth-order valence-electron chi connectivity index (χ4n) is 10.0. The van der Waals surface area contributed by atoms with E-state index < -0.39 is 89.3 Å². The van der Waals surface area contributed by atoms with Crippen molar-refractivity contribution in [1.29, 1.82) is 0 Å². The number of nitrogens with zero attached hydrogens (tertiary/aromatic N) is 2. The molecule has 18 heteroatoms. The Labute approximate surface area is 381 Å². The number of benzene rings is 3. The topological polar surface area (TPSA) is 215 Å². The molecule has 2 saturated heterocycles. The first-order valence-corrected chi connectivity index (χ1v) is 22.7. The Kier molecular flexibility index (Phi) is 12.8. The SMILES string of the molecule is COc1c(C)cc2c(c1O)[C@@H]1C3[C@@H]4SC[C@H](NC(=O)C(NC(=O)C(C)NC(=O)/C=C/c5ccccc5)C(C)C)C(=O)OC[C@@H](c5c6c(c(C)c(OC(C)=O)c54)OCO6)N3[C@@H](O)[C@H](C2)N1C. The molecule has 0 spiro atoms. The summed E-state index contributed by atoms with van der Waals surface area (Å²) < 4.78 is 30.0. The molecule has 2 fully saturated rings. The van der Waals surface area contributed by atoms with Gasteiger partial charge in [-0.05, 0) is 62.9 Å². The van der Waals surface area contributed by atoms with Crippen LogP contribution in [0.15, 0.2) is 42.5 Å². The number of aryl methyl sites for hydroxylation is 1. The molecule has 3 aromatic rings. The smallest absolute Gasteiger partial charge is 0.329 e. The molecule has 0 aliphatic carbocycles. The van der Waals surface area contributed by atoms with Gasteiger partial charge in [-0.2, -0.15) is 0 Å². The van der Waals surface area contributed by atoms with E-state index in [1.807, 2.05) is 55.3 Å². The lowest BCUT2D eigenvalue weighted by atomic mass is 9.73. The highest BCUT2D eigenvalue weighted by Crippen LogP contribution is 2.64. The van der Waals surface area contributed by atoms with Gasteiger partial charge in [0, 0.05) is 47.0 Å². The Morgan fingerprint density at radius 1 is 0.969 bits per heavy atom. The standard InChI is InChI=1S/C47H55N5O12S/c1-21(2)35(50-44(56)24(5)48-31(54)15-14-26-12-10-9-11-13-26)45(57)49-28-19-65-43-34-33(42-41(62-20-63-42)23(4)40(34)64-25(6)53)30(18-61-47(28)59)52-37(43)36-32-27(17-29(46(52)58)51(36)7)16-22(3)39(60-8)38(32)55/h9-16,21,24,28-30,35-37,43,46,55,58H,17-20H2,1-8H3,(H,48,54)(H,49,57)(H,50,56)/b15-14+/t24?,28-,29-,30-,35?,36+,37?,43+,46-/m0/s1. The fourth-order valence-corrected chi connectivity index (χ4v) is 11.5. The van der Waals surface area contributed by atoms with Crippen molar-refractivity contribution in [3.63, 3.8) is 0 Å². The van der Waals surface area contributed by atoms with Gasteiger partial charge in [0.15, 0.2) is 23.0 Å². The number of esters is 2. The Balaban J connectivity index is 1.14. The minimum atomic E-state index is -1.23. The first kappa shape index (κ1) is 45.7. The molecule has 6 heterocycles. The summed E-state index contributed by atoms with van der Waals surface area (Å²) in [7, 11) is 3.40. The van der Waals surface area contributed by atoms with Crippen molar-refractivity contribution in [2.45, 2.75) is 102 Å². The lowest BCUT2D eigenvalue weighted by molar-refractivity contribution is -0.184. The van der Waals surface area contributed by atoms with E-state index in [-0.39, 0.29) is 30.7 Å². The van der Waals surface area contributed by atoms with Crippen molar-refractivity contribution in [3.8, 4) is 28.7 Å². The van der Waals surface area contributed by atoms with Gasteiger partial charge in [-0.25, -0.2) is 4.79 Å². The number of fused-ring (bicyclic) bond motifs is 10. The Hall–Kier alpha value is -5.82. The van der Waals surface area contributed by atoms with Crippen LogP contribution in [0.4, 0.5) is 0 Å². The molecule has 0 radical (unpaired) electrons. The molecule has 3 unspecified atom stereocenters. The third-order valence-corrected chi connectivity index (χ3v) is 14.4. The van der Waals surface area contributed by atoms with Gasteiger partial charge in [0.05, 0.1) is 30.5 Å². The molecule has 6 aliphatic rings. The summed E-state index contributed by atoms with van der Waals surface area (Å²) in [6.45, 7) is 9.49. The van der Waals surface area contributed by atoms with Crippen LogP contribution in [0.2, 0.25) is 0 Å². The number of hydrogen-bond acceptors (Lipinski definition) is 15. The molecule has 9 rings (SSSR count). The maximum atomic E-state index is 14.2. The highest BCUT2D eigenvalue weighted by molar-refractivity contribution is 7.99. The van der Waals surface area contributed by atoms with Crippen LogP contribution in [-0.4, -0.2) is 119 Å². The van der Waals surface area contributed by atoms with E-state index in [4.69, 9.17) is 23.7 Å². The number of aliphatic hydroxyl groups excluding tert-OH is 1. The molecule has 346 valence electrons. The van der Waals surface area contributed by atoms with E-state index in [9.17, 15) is 34.2 Å². The number of rotatable bonds is 10. The molecule has 4 bridgehead atoms. The van der Waals surface area contributed by atoms with Crippen molar-refractivity contribution >= 4 is 47.5 Å². The van der Waals surface area contributed by atoms with Crippen LogP contribution in [0.3, 0.4) is 0 Å². The number of aromatic hydroxyl groups is 1. The van der Waals surface area contributed by atoms with Gasteiger partial charge in [0.25, 0.3) is 0 Å². The largest absolute Gasteiger partial charge is 0.504 e. The van der Waals surface area contributed by atoms with Crippen molar-refractivity contribution in [3.05, 3.63) is 81.4 Å². The molecule has 17 nitrogen and oxygen atoms in total. The molecule has 0 aromatic heterocycles. The number of ether oxygens (including phenoxy) is 5. The number of carbonyl (C=O) groups excluding carboxylic acids is 5. The maximum absolute atomic E-state index is 14.2. The van der Waals surface area contributed by atoms with Gasteiger partial charge < -0.3 is 49.8 Å². The third kappa shape index (κ3) is 8.25. The number of methoxy groups -OCH3 is 1. The predicted molar refractivity (Wildman–Crippen MR) is 238 cm³/mol. The van der Waals surface area contributed by atoms with E-state index in [0.29, 0.717) is 45.9 Å². The predicted octanol–water partition coefficient (Wildman–Crippen LogP) is 3.50. The van der Waals surface area contributed by atoms with Gasteiger partial charge >= 0.3 is 11.9 Å². The summed E-state index contributed by atoms with van der Waals surface area (Å²) in [6, 6.07) is 5.24. The number of amides is 3. The van der Waals surface area contributed by atoms with E-state index in [0.717, 1.165) is 16.7 Å². The first-order valence-electron chi connectivity index (χ1n) is 21.7. The van der Waals surface area contributed by atoms with Gasteiger partial charge in [-0.3, -0.25) is 29.0 Å². The quantitative estimate of drug-likeness (QED) is 0.112. The van der Waals surface area contributed by atoms with Crippen LogP contribution >= 0.6 is 11.8 Å². The second kappa shape index (κ2) is 18.2. The zero-order chi connectivity index (χ0) is 46.6. The van der Waals surface area contributed by atoms with E-state index in [2.05, 4.69) is 20.9 Å². The van der Waals surface area contributed by atoms with Gasteiger partial charge in [0.2, 0.25) is 24.5 Å². The highest BCUT2D eigenvalue weighted by Gasteiger charge is 2.60. The lowest BCUT2D eigenvalue weighted by Crippen LogP contribution is -2.69. The highest BCUT2D eigenvalue weighted by atomic mass is 32.2. The molecule has 0 saturated carbocycles. The summed E-state index contributed by atoms with van der Waals surface area (Å²) in [4.78, 5) is 71.4. The zero-order valence-electron chi connectivity index (χ0n) is 37.5. The second-order valence-electron chi connectivity index (χ2n) is 17.5. The van der Waals surface area contributed by atoms with Crippen molar-refractivity contribution in [2.24, 2.45) is 5.92 Å². The molecule has 6 aliphatic heterocycles. The third-order valence-electron chi connectivity index (χ3n) is 13.0. The summed E-state index contributed by atoms with van der Waals surface area (Å²) in [5.41, 5.74) is 4.65. The minimum absolute atomic E-state index is 0.0229. The average Bonchev–Trinajstić information content (AvgIpc) is 3.76. The second-order valence-corrected chi connectivity index (χ2v) is 18.7. The normalized spacial score (nSPS) is 25.4. The fraction of sp³-hybridized carbons (Fsp3) is 0.468. The van der Waals surface area contributed by atoms with E-state index in [1.54, 1.807) is 26.8 Å². The monoisotopic (exact) mass is 913 g/mol. The van der Waals surface area contributed by atoms with Crippen molar-refractivity contribution in [1.82, 2.24) is 25.8 Å². The molecule has 9 atom stereocenters. The average molecular weight is 914 g/mol. The summed E-state index contributed by atoms with van der Waals surface area (Å²) >= 11 is 1.29. The number of likely N-dealkylation sites (N-methyl/N-ethyl adjacent to an activating group) is 1. The molecule has 3 amide bonds. The number of phenolic OH excluding ortho intramolecular Hbond substituents is 1. The molecular formula is C47H55N5O12S. The van der Waals surface area contributed by atoms with Gasteiger partial charge in [0.1, 0.15) is 36.7 Å². The zero-order valence-corrected chi connectivity index (χ0v) is 38.3. The Morgan fingerprint density at radius 3 is 2.38 bits per heavy atom. The molecule has 5 N–H and O–H groups in total. The maximum Gasteiger partial charge on any atom is 0.329 e.